The zero-order valence-electron chi connectivity index (χ0n) is 15.2. The molecular formula is C22H23N3O2. The highest BCUT2D eigenvalue weighted by atomic mass is 16.3. The monoisotopic (exact) mass is 361 g/mol. The zero-order valence-corrected chi connectivity index (χ0v) is 15.2. The highest BCUT2D eigenvalue weighted by molar-refractivity contribution is 6.07. The number of nitrogens with zero attached hydrogens (tertiary/aromatic N) is 2. The molecule has 3 aromatic rings. The van der Waals surface area contributed by atoms with E-state index in [9.17, 15) is 4.79 Å². The zero-order chi connectivity index (χ0) is 18.2. The van der Waals surface area contributed by atoms with Crippen LogP contribution in [0.15, 0.2) is 53.1 Å². The minimum absolute atomic E-state index is 0.106. The van der Waals surface area contributed by atoms with E-state index in [0.717, 1.165) is 55.5 Å². The van der Waals surface area contributed by atoms with Gasteiger partial charge in [-0.2, -0.15) is 0 Å². The van der Waals surface area contributed by atoms with E-state index in [1.54, 1.807) is 6.26 Å². The number of furan rings is 1. The van der Waals surface area contributed by atoms with Gasteiger partial charge in [-0.15, -0.1) is 0 Å². The molecule has 0 radical (unpaired) electrons. The SMILES string of the molecule is O=C(c1cc(-c2ccco2)nc2ccccc12)N1CC[C@@H]2CNC[C@@H]2CC1. The molecule has 2 fully saturated rings. The van der Waals surface area contributed by atoms with Crippen LogP contribution in [0.2, 0.25) is 0 Å². The lowest BCUT2D eigenvalue weighted by atomic mass is 9.92. The number of hydrogen-bond acceptors (Lipinski definition) is 4. The van der Waals surface area contributed by atoms with Gasteiger partial charge in [0.1, 0.15) is 5.69 Å². The molecular weight excluding hydrogens is 338 g/mol. The summed E-state index contributed by atoms with van der Waals surface area (Å²) in [6.07, 6.45) is 3.80. The van der Waals surface area contributed by atoms with Crippen molar-refractivity contribution in [1.82, 2.24) is 15.2 Å². The fourth-order valence-electron chi connectivity index (χ4n) is 4.49. The molecule has 5 heteroatoms. The Hall–Kier alpha value is -2.66. The number of benzene rings is 1. The summed E-state index contributed by atoms with van der Waals surface area (Å²) in [5, 5.41) is 4.40. The number of rotatable bonds is 2. The van der Waals surface area contributed by atoms with E-state index in [-0.39, 0.29) is 5.91 Å². The van der Waals surface area contributed by atoms with Gasteiger partial charge in [-0.1, -0.05) is 18.2 Å². The Morgan fingerprint density at radius 3 is 2.59 bits per heavy atom. The highest BCUT2D eigenvalue weighted by Crippen LogP contribution is 2.30. The number of nitrogens with one attached hydrogen (secondary N) is 1. The van der Waals surface area contributed by atoms with Crippen molar-refractivity contribution in [2.75, 3.05) is 26.2 Å². The Bertz CT molecular complexity index is 953. The van der Waals surface area contributed by atoms with E-state index < -0.39 is 0 Å². The summed E-state index contributed by atoms with van der Waals surface area (Å²) < 4.78 is 5.52. The third-order valence-corrected chi connectivity index (χ3v) is 6.03. The van der Waals surface area contributed by atoms with Crippen LogP contribution in [0.25, 0.3) is 22.4 Å². The van der Waals surface area contributed by atoms with Crippen LogP contribution in [0, 0.1) is 11.8 Å². The van der Waals surface area contributed by atoms with Crippen LogP contribution < -0.4 is 5.32 Å². The van der Waals surface area contributed by atoms with Crippen LogP contribution in [-0.2, 0) is 0 Å². The van der Waals surface area contributed by atoms with Gasteiger partial charge < -0.3 is 14.6 Å². The standard InChI is InChI=1S/C22H23N3O2/c26-22(25-9-7-15-13-23-14-16(15)8-10-25)18-12-20(21-6-3-11-27-21)24-19-5-2-1-4-17(18)19/h1-6,11-12,15-16,23H,7-10,13-14H2/t15-,16+. The molecule has 0 aliphatic carbocycles. The van der Waals surface area contributed by atoms with Crippen molar-refractivity contribution in [3.05, 3.63) is 54.3 Å². The van der Waals surface area contributed by atoms with Crippen molar-refractivity contribution in [2.45, 2.75) is 12.8 Å². The summed E-state index contributed by atoms with van der Waals surface area (Å²) in [6, 6.07) is 13.5. The van der Waals surface area contributed by atoms with Crippen LogP contribution in [0.4, 0.5) is 0 Å². The van der Waals surface area contributed by atoms with E-state index in [4.69, 9.17) is 9.40 Å². The Kier molecular flexibility index (Phi) is 4.17. The second kappa shape index (κ2) is 6.82. The smallest absolute Gasteiger partial charge is 0.254 e. The fraction of sp³-hybridized carbons (Fsp3) is 0.364. The van der Waals surface area contributed by atoms with E-state index in [1.807, 2.05) is 47.4 Å². The lowest BCUT2D eigenvalue weighted by Gasteiger charge is -2.22. The van der Waals surface area contributed by atoms with Gasteiger partial charge in [0.15, 0.2) is 5.76 Å². The third-order valence-electron chi connectivity index (χ3n) is 6.03. The molecule has 0 saturated carbocycles. The minimum atomic E-state index is 0.106. The molecule has 1 amide bonds. The van der Waals surface area contributed by atoms with Crippen molar-refractivity contribution in [2.24, 2.45) is 11.8 Å². The average Bonchev–Trinajstić information content (AvgIpc) is 3.36. The van der Waals surface area contributed by atoms with Gasteiger partial charge in [-0.25, -0.2) is 4.98 Å². The summed E-state index contributed by atoms with van der Waals surface area (Å²) in [6.45, 7) is 3.84. The minimum Gasteiger partial charge on any atom is -0.463 e. The van der Waals surface area contributed by atoms with Gasteiger partial charge in [0, 0.05) is 18.5 Å². The van der Waals surface area contributed by atoms with Crippen LogP contribution in [0.1, 0.15) is 23.2 Å². The number of fused-ring (bicyclic) bond motifs is 2. The number of carbonyl (C=O) groups excluding carboxylic acids is 1. The normalized spacial score (nSPS) is 22.6. The number of aromatic nitrogens is 1. The number of amides is 1. The van der Waals surface area contributed by atoms with E-state index in [2.05, 4.69) is 5.32 Å². The summed E-state index contributed by atoms with van der Waals surface area (Å²) in [5.41, 5.74) is 2.25. The van der Waals surface area contributed by atoms with Gasteiger partial charge >= 0.3 is 0 Å². The Morgan fingerprint density at radius 2 is 1.85 bits per heavy atom. The molecule has 5 rings (SSSR count). The van der Waals surface area contributed by atoms with Crippen molar-refractivity contribution < 1.29 is 9.21 Å². The maximum atomic E-state index is 13.5. The Balaban J connectivity index is 1.52. The summed E-state index contributed by atoms with van der Waals surface area (Å²) in [7, 11) is 0. The molecule has 138 valence electrons. The van der Waals surface area contributed by atoms with E-state index in [1.165, 1.54) is 0 Å². The van der Waals surface area contributed by atoms with Gasteiger partial charge in [0.2, 0.25) is 0 Å². The molecule has 2 atom stereocenters. The molecule has 5 nitrogen and oxygen atoms in total. The molecule has 0 spiro atoms. The van der Waals surface area contributed by atoms with Gasteiger partial charge in [0.05, 0.1) is 17.3 Å². The van der Waals surface area contributed by atoms with Crippen molar-refractivity contribution in [1.29, 1.82) is 0 Å². The summed E-state index contributed by atoms with van der Waals surface area (Å²) in [5.74, 6) is 2.20. The molecule has 27 heavy (non-hydrogen) atoms. The molecule has 0 bridgehead atoms. The van der Waals surface area contributed by atoms with E-state index >= 15 is 0 Å². The third kappa shape index (κ3) is 3.02. The quantitative estimate of drug-likeness (QED) is 0.758. The number of para-hydroxylation sites is 1. The van der Waals surface area contributed by atoms with E-state index in [0.29, 0.717) is 23.3 Å². The molecule has 1 N–H and O–H groups in total. The average molecular weight is 361 g/mol. The molecule has 0 unspecified atom stereocenters. The fourth-order valence-corrected chi connectivity index (χ4v) is 4.49. The number of hydrogen-bond donors (Lipinski definition) is 1. The first-order valence-electron chi connectivity index (χ1n) is 9.73. The molecule has 2 aliphatic heterocycles. The molecule has 2 aromatic heterocycles. The number of pyridine rings is 1. The van der Waals surface area contributed by atoms with Crippen LogP contribution >= 0.6 is 0 Å². The van der Waals surface area contributed by atoms with Crippen LogP contribution in [0.3, 0.4) is 0 Å². The maximum Gasteiger partial charge on any atom is 0.254 e. The first-order valence-corrected chi connectivity index (χ1v) is 9.73. The Morgan fingerprint density at radius 1 is 1.07 bits per heavy atom. The molecule has 2 saturated heterocycles. The van der Waals surface area contributed by atoms with Gasteiger partial charge in [-0.3, -0.25) is 4.79 Å². The van der Waals surface area contributed by atoms with Gasteiger partial charge in [0.25, 0.3) is 5.91 Å². The second-order valence-corrected chi connectivity index (χ2v) is 7.60. The summed E-state index contributed by atoms with van der Waals surface area (Å²) >= 11 is 0. The largest absolute Gasteiger partial charge is 0.463 e. The first kappa shape index (κ1) is 16.5. The first-order chi connectivity index (χ1) is 13.3. The predicted molar refractivity (Wildman–Crippen MR) is 104 cm³/mol. The van der Waals surface area contributed by atoms with Crippen LogP contribution in [0.5, 0.6) is 0 Å². The highest BCUT2D eigenvalue weighted by Gasteiger charge is 2.32. The lowest BCUT2D eigenvalue weighted by molar-refractivity contribution is 0.0760. The Labute approximate surface area is 158 Å². The number of carbonyl (C=O) groups is 1. The summed E-state index contributed by atoms with van der Waals surface area (Å²) in [4.78, 5) is 20.2. The lowest BCUT2D eigenvalue weighted by Crippen LogP contribution is -2.33. The van der Waals surface area contributed by atoms with Crippen LogP contribution in [-0.4, -0.2) is 42.0 Å². The topological polar surface area (TPSA) is 58.4 Å². The maximum absolute atomic E-state index is 13.5. The molecule has 2 aliphatic rings. The van der Waals surface area contributed by atoms with Crippen molar-refractivity contribution in [3.8, 4) is 11.5 Å². The molecule has 4 heterocycles. The number of likely N-dealkylation sites (tertiary alicyclic amines) is 1. The predicted octanol–water partition coefficient (Wildman–Crippen LogP) is 3.57. The second-order valence-electron chi connectivity index (χ2n) is 7.60. The molecule has 1 aromatic carbocycles. The van der Waals surface area contributed by atoms with Gasteiger partial charge in [-0.05, 0) is 62.0 Å². The van der Waals surface area contributed by atoms with Crippen molar-refractivity contribution in [3.63, 3.8) is 0 Å². The van der Waals surface area contributed by atoms with Crippen molar-refractivity contribution >= 4 is 16.8 Å².